The van der Waals surface area contributed by atoms with Crippen LogP contribution in [0.3, 0.4) is 0 Å². The lowest BCUT2D eigenvalue weighted by Crippen LogP contribution is -2.36. The molecule has 0 bridgehead atoms. The van der Waals surface area contributed by atoms with E-state index >= 15 is 0 Å². The van der Waals surface area contributed by atoms with Crippen LogP contribution in [-0.2, 0) is 6.42 Å². The minimum absolute atomic E-state index is 0.520. The second-order valence-corrected chi connectivity index (χ2v) is 6.79. The van der Waals surface area contributed by atoms with E-state index in [2.05, 4.69) is 30.4 Å². The first-order valence-electron chi connectivity index (χ1n) is 8.37. The van der Waals surface area contributed by atoms with Crippen molar-refractivity contribution >= 4 is 0 Å². The highest BCUT2D eigenvalue weighted by Crippen LogP contribution is 2.45. The maximum atomic E-state index is 5.62. The van der Waals surface area contributed by atoms with Crippen LogP contribution in [0.1, 0.15) is 56.2 Å². The number of rotatable bonds is 6. The fourth-order valence-electron chi connectivity index (χ4n) is 3.67. The predicted octanol–water partition coefficient (Wildman–Crippen LogP) is 3.85. The van der Waals surface area contributed by atoms with E-state index in [1.165, 1.54) is 43.2 Å². The van der Waals surface area contributed by atoms with Gasteiger partial charge in [-0.05, 0) is 61.1 Å². The SMILES string of the molecule is CCC(NC(C1CC1)C1CC1)c1ccc2c(c1)CCO2. The second kappa shape index (κ2) is 5.07. The van der Waals surface area contributed by atoms with Crippen molar-refractivity contribution in [2.75, 3.05) is 6.61 Å². The number of hydrogen-bond acceptors (Lipinski definition) is 2. The molecule has 1 aliphatic heterocycles. The molecule has 2 aliphatic carbocycles. The van der Waals surface area contributed by atoms with Crippen LogP contribution in [0, 0.1) is 11.8 Å². The minimum atomic E-state index is 0.520. The van der Waals surface area contributed by atoms with Crippen molar-refractivity contribution in [3.05, 3.63) is 29.3 Å². The molecule has 2 heteroatoms. The Bertz CT molecular complexity index is 478. The Balaban J connectivity index is 1.51. The van der Waals surface area contributed by atoms with Crippen LogP contribution in [-0.4, -0.2) is 12.6 Å². The molecule has 4 rings (SSSR count). The first kappa shape index (κ1) is 12.7. The maximum absolute atomic E-state index is 5.62. The van der Waals surface area contributed by atoms with Crippen molar-refractivity contribution in [1.29, 1.82) is 0 Å². The molecule has 0 amide bonds. The minimum Gasteiger partial charge on any atom is -0.493 e. The molecule has 0 spiro atoms. The molecule has 1 atom stereocenters. The summed E-state index contributed by atoms with van der Waals surface area (Å²) in [6, 6.07) is 8.12. The molecule has 1 aromatic carbocycles. The summed E-state index contributed by atoms with van der Waals surface area (Å²) in [5.74, 6) is 3.04. The fraction of sp³-hybridized carbons (Fsp3) is 0.667. The normalized spacial score (nSPS) is 22.7. The first-order valence-corrected chi connectivity index (χ1v) is 8.37. The van der Waals surface area contributed by atoms with Gasteiger partial charge >= 0.3 is 0 Å². The molecule has 1 unspecified atom stereocenters. The van der Waals surface area contributed by atoms with Gasteiger partial charge in [0.2, 0.25) is 0 Å². The van der Waals surface area contributed by atoms with E-state index in [4.69, 9.17) is 4.74 Å². The zero-order valence-corrected chi connectivity index (χ0v) is 12.4. The number of fused-ring (bicyclic) bond motifs is 1. The summed E-state index contributed by atoms with van der Waals surface area (Å²) in [5, 5.41) is 3.99. The van der Waals surface area contributed by atoms with Gasteiger partial charge in [-0.3, -0.25) is 0 Å². The topological polar surface area (TPSA) is 21.3 Å². The van der Waals surface area contributed by atoms with E-state index in [1.807, 2.05) is 0 Å². The molecule has 2 saturated carbocycles. The quantitative estimate of drug-likeness (QED) is 0.848. The largest absolute Gasteiger partial charge is 0.493 e. The van der Waals surface area contributed by atoms with E-state index in [1.54, 1.807) is 0 Å². The summed E-state index contributed by atoms with van der Waals surface area (Å²) < 4.78 is 5.62. The highest BCUT2D eigenvalue weighted by molar-refractivity contribution is 5.40. The Morgan fingerprint density at radius 3 is 2.60 bits per heavy atom. The third-order valence-corrected chi connectivity index (χ3v) is 5.18. The Labute approximate surface area is 121 Å². The van der Waals surface area contributed by atoms with Crippen LogP contribution in [0.4, 0.5) is 0 Å². The van der Waals surface area contributed by atoms with E-state index in [-0.39, 0.29) is 0 Å². The predicted molar refractivity (Wildman–Crippen MR) is 81.0 cm³/mol. The molecule has 20 heavy (non-hydrogen) atoms. The summed E-state index contributed by atoms with van der Waals surface area (Å²) in [6.07, 6.45) is 8.04. The summed E-state index contributed by atoms with van der Waals surface area (Å²) in [7, 11) is 0. The van der Waals surface area contributed by atoms with Gasteiger partial charge in [-0.25, -0.2) is 0 Å². The lowest BCUT2D eigenvalue weighted by Gasteiger charge is -2.26. The molecule has 1 heterocycles. The van der Waals surface area contributed by atoms with Crippen molar-refractivity contribution in [2.45, 2.75) is 57.5 Å². The average Bonchev–Trinajstić information content (AvgIpc) is 3.38. The summed E-state index contributed by atoms with van der Waals surface area (Å²) in [4.78, 5) is 0. The van der Waals surface area contributed by atoms with Crippen molar-refractivity contribution in [3.63, 3.8) is 0 Å². The van der Waals surface area contributed by atoms with Crippen LogP contribution in [0.2, 0.25) is 0 Å². The van der Waals surface area contributed by atoms with Crippen molar-refractivity contribution < 1.29 is 4.74 Å². The highest BCUT2D eigenvalue weighted by Gasteiger charge is 2.42. The molecular formula is C18H25NO. The molecule has 108 valence electrons. The highest BCUT2D eigenvalue weighted by atomic mass is 16.5. The Kier molecular flexibility index (Phi) is 3.22. The number of hydrogen-bond donors (Lipinski definition) is 1. The number of ether oxygens (including phenoxy) is 1. The average molecular weight is 271 g/mol. The zero-order chi connectivity index (χ0) is 13.5. The van der Waals surface area contributed by atoms with E-state index in [0.717, 1.165) is 36.7 Å². The van der Waals surface area contributed by atoms with E-state index in [0.29, 0.717) is 6.04 Å². The van der Waals surface area contributed by atoms with Crippen molar-refractivity contribution in [3.8, 4) is 5.75 Å². The number of nitrogens with one attached hydrogen (secondary N) is 1. The van der Waals surface area contributed by atoms with E-state index in [9.17, 15) is 0 Å². The Morgan fingerprint density at radius 2 is 1.95 bits per heavy atom. The van der Waals surface area contributed by atoms with Gasteiger partial charge in [0.25, 0.3) is 0 Å². The Morgan fingerprint density at radius 1 is 1.20 bits per heavy atom. The van der Waals surface area contributed by atoms with Gasteiger partial charge in [0.05, 0.1) is 6.61 Å². The molecule has 1 aromatic rings. The smallest absolute Gasteiger partial charge is 0.122 e. The standard InChI is InChI=1S/C18H25NO/c1-2-16(19-18(12-3-4-12)13-5-6-13)14-7-8-17-15(11-14)9-10-20-17/h7-8,11-13,16,18-19H,2-6,9-10H2,1H3. The van der Waals surface area contributed by atoms with Gasteiger partial charge in [-0.15, -0.1) is 0 Å². The van der Waals surface area contributed by atoms with Crippen LogP contribution in [0.15, 0.2) is 18.2 Å². The maximum Gasteiger partial charge on any atom is 0.122 e. The molecule has 1 N–H and O–H groups in total. The van der Waals surface area contributed by atoms with Gasteiger partial charge in [0.15, 0.2) is 0 Å². The molecule has 2 nitrogen and oxygen atoms in total. The number of benzene rings is 1. The molecule has 0 saturated heterocycles. The van der Waals surface area contributed by atoms with Gasteiger partial charge in [0, 0.05) is 18.5 Å². The van der Waals surface area contributed by atoms with Crippen molar-refractivity contribution in [1.82, 2.24) is 5.32 Å². The van der Waals surface area contributed by atoms with Gasteiger partial charge in [-0.1, -0.05) is 19.1 Å². The van der Waals surface area contributed by atoms with Gasteiger partial charge in [-0.2, -0.15) is 0 Å². The fourth-order valence-corrected chi connectivity index (χ4v) is 3.67. The van der Waals surface area contributed by atoms with Crippen LogP contribution >= 0.6 is 0 Å². The molecule has 3 aliphatic rings. The molecule has 0 radical (unpaired) electrons. The molecular weight excluding hydrogens is 246 g/mol. The third-order valence-electron chi connectivity index (χ3n) is 5.18. The van der Waals surface area contributed by atoms with E-state index < -0.39 is 0 Å². The first-order chi connectivity index (χ1) is 9.85. The lowest BCUT2D eigenvalue weighted by atomic mass is 9.98. The summed E-state index contributed by atoms with van der Waals surface area (Å²) in [5.41, 5.74) is 2.86. The van der Waals surface area contributed by atoms with Crippen molar-refractivity contribution in [2.24, 2.45) is 11.8 Å². The van der Waals surface area contributed by atoms with Gasteiger partial charge in [0.1, 0.15) is 5.75 Å². The lowest BCUT2D eigenvalue weighted by molar-refractivity contribution is 0.355. The van der Waals surface area contributed by atoms with Crippen LogP contribution in [0.25, 0.3) is 0 Å². The summed E-state index contributed by atoms with van der Waals surface area (Å²) >= 11 is 0. The molecule has 2 fully saturated rings. The van der Waals surface area contributed by atoms with Crippen LogP contribution in [0.5, 0.6) is 5.75 Å². The zero-order valence-electron chi connectivity index (χ0n) is 12.4. The monoisotopic (exact) mass is 271 g/mol. The molecule has 0 aromatic heterocycles. The van der Waals surface area contributed by atoms with Crippen LogP contribution < -0.4 is 10.1 Å². The van der Waals surface area contributed by atoms with Gasteiger partial charge < -0.3 is 10.1 Å². The third kappa shape index (κ3) is 2.46. The summed E-state index contributed by atoms with van der Waals surface area (Å²) in [6.45, 7) is 3.16. The Hall–Kier alpha value is -1.02. The second-order valence-electron chi connectivity index (χ2n) is 6.79.